The van der Waals surface area contributed by atoms with E-state index in [0.717, 1.165) is 21.9 Å². The lowest BCUT2D eigenvalue weighted by atomic mass is 10.0. The van der Waals surface area contributed by atoms with Gasteiger partial charge >= 0.3 is 0 Å². The fourth-order valence-electron chi connectivity index (χ4n) is 2.73. The summed E-state index contributed by atoms with van der Waals surface area (Å²) >= 11 is 0. The van der Waals surface area contributed by atoms with Gasteiger partial charge in [0.15, 0.2) is 0 Å². The van der Waals surface area contributed by atoms with Gasteiger partial charge in [0.2, 0.25) is 5.91 Å². The van der Waals surface area contributed by atoms with Crippen LogP contribution < -0.4 is 11.1 Å². The van der Waals surface area contributed by atoms with E-state index in [0.29, 0.717) is 13.0 Å². The van der Waals surface area contributed by atoms with Gasteiger partial charge in [-0.25, -0.2) is 4.39 Å². The van der Waals surface area contributed by atoms with E-state index in [1.165, 1.54) is 12.1 Å². The predicted octanol–water partition coefficient (Wildman–Crippen LogP) is 3.17. The van der Waals surface area contributed by atoms with Crippen LogP contribution in [0.1, 0.15) is 11.1 Å². The summed E-state index contributed by atoms with van der Waals surface area (Å²) in [6.07, 6.45) is 0.377. The highest BCUT2D eigenvalue weighted by Crippen LogP contribution is 2.18. The number of hydrogen-bond acceptors (Lipinski definition) is 2. The zero-order valence-corrected chi connectivity index (χ0v) is 13.2. The van der Waals surface area contributed by atoms with Crippen molar-refractivity contribution in [2.24, 2.45) is 5.73 Å². The Morgan fingerprint density at radius 2 is 1.71 bits per heavy atom. The van der Waals surface area contributed by atoms with Crippen LogP contribution in [0.3, 0.4) is 0 Å². The fourth-order valence-corrected chi connectivity index (χ4v) is 2.73. The van der Waals surface area contributed by atoms with Crippen LogP contribution in [0, 0.1) is 5.82 Å². The molecule has 0 aliphatic heterocycles. The van der Waals surface area contributed by atoms with Crippen molar-refractivity contribution in [3.63, 3.8) is 0 Å². The molecule has 0 aromatic heterocycles. The Balaban J connectivity index is 1.63. The van der Waals surface area contributed by atoms with Gasteiger partial charge in [-0.15, -0.1) is 0 Å². The second kappa shape index (κ2) is 7.23. The summed E-state index contributed by atoms with van der Waals surface area (Å²) in [5.41, 5.74) is 7.85. The molecule has 0 saturated carbocycles. The molecule has 0 spiro atoms. The molecule has 0 heterocycles. The minimum atomic E-state index is -0.662. The minimum absolute atomic E-state index is 0.216. The van der Waals surface area contributed by atoms with Crippen LogP contribution in [0.25, 0.3) is 10.8 Å². The fraction of sp³-hybridized carbons (Fsp3) is 0.150. The largest absolute Gasteiger partial charge is 0.351 e. The number of carbonyl (C=O) groups is 1. The topological polar surface area (TPSA) is 55.1 Å². The molecule has 3 nitrogen and oxygen atoms in total. The first-order valence-electron chi connectivity index (χ1n) is 7.88. The first kappa shape index (κ1) is 16.1. The van der Waals surface area contributed by atoms with Crippen molar-refractivity contribution in [3.05, 3.63) is 83.7 Å². The van der Waals surface area contributed by atoms with Crippen LogP contribution >= 0.6 is 0 Å². The van der Waals surface area contributed by atoms with Crippen LogP contribution in [0.2, 0.25) is 0 Å². The standard InChI is InChI=1S/C20H19FN2O/c21-17-10-8-14(9-11-17)12-19(22)20(24)23-13-16-6-3-5-15-4-1-2-7-18(15)16/h1-11,19H,12-13,22H2,(H,23,24). The Labute approximate surface area is 140 Å². The molecule has 0 saturated heterocycles. The number of fused-ring (bicyclic) bond motifs is 1. The molecule has 1 unspecified atom stereocenters. The van der Waals surface area contributed by atoms with Gasteiger partial charge in [-0.3, -0.25) is 4.79 Å². The maximum Gasteiger partial charge on any atom is 0.237 e. The Bertz CT molecular complexity index is 840. The zero-order chi connectivity index (χ0) is 16.9. The summed E-state index contributed by atoms with van der Waals surface area (Å²) in [5, 5.41) is 5.14. The van der Waals surface area contributed by atoms with Crippen LogP contribution in [-0.2, 0) is 17.8 Å². The molecule has 3 rings (SSSR count). The third-order valence-corrected chi connectivity index (χ3v) is 4.04. The average molecular weight is 322 g/mol. The van der Waals surface area contributed by atoms with E-state index in [1.807, 2.05) is 42.5 Å². The van der Waals surface area contributed by atoms with E-state index in [4.69, 9.17) is 5.73 Å². The number of amides is 1. The quantitative estimate of drug-likeness (QED) is 0.758. The van der Waals surface area contributed by atoms with E-state index in [1.54, 1.807) is 12.1 Å². The second-order valence-corrected chi connectivity index (χ2v) is 5.79. The van der Waals surface area contributed by atoms with E-state index >= 15 is 0 Å². The minimum Gasteiger partial charge on any atom is -0.351 e. The van der Waals surface area contributed by atoms with Crippen molar-refractivity contribution >= 4 is 16.7 Å². The summed E-state index contributed by atoms with van der Waals surface area (Å²) < 4.78 is 12.9. The van der Waals surface area contributed by atoms with Gasteiger partial charge in [-0.1, -0.05) is 54.6 Å². The van der Waals surface area contributed by atoms with E-state index in [-0.39, 0.29) is 11.7 Å². The van der Waals surface area contributed by atoms with Gasteiger partial charge in [0.1, 0.15) is 5.82 Å². The smallest absolute Gasteiger partial charge is 0.237 e. The number of benzene rings is 3. The van der Waals surface area contributed by atoms with E-state index < -0.39 is 6.04 Å². The van der Waals surface area contributed by atoms with Crippen molar-refractivity contribution < 1.29 is 9.18 Å². The molecule has 3 aromatic carbocycles. The predicted molar refractivity (Wildman–Crippen MR) is 93.9 cm³/mol. The van der Waals surface area contributed by atoms with Crippen LogP contribution in [0.4, 0.5) is 4.39 Å². The highest BCUT2D eigenvalue weighted by molar-refractivity contribution is 5.87. The molecule has 0 aliphatic carbocycles. The van der Waals surface area contributed by atoms with Gasteiger partial charge in [-0.2, -0.15) is 0 Å². The monoisotopic (exact) mass is 322 g/mol. The maximum atomic E-state index is 12.9. The molecular weight excluding hydrogens is 303 g/mol. The summed E-state index contributed by atoms with van der Waals surface area (Å²) in [7, 11) is 0. The molecule has 0 bridgehead atoms. The molecule has 24 heavy (non-hydrogen) atoms. The van der Waals surface area contributed by atoms with E-state index in [9.17, 15) is 9.18 Å². The maximum absolute atomic E-state index is 12.9. The molecule has 4 heteroatoms. The van der Waals surface area contributed by atoms with Crippen molar-refractivity contribution in [2.75, 3.05) is 0 Å². The van der Waals surface area contributed by atoms with Gasteiger partial charge < -0.3 is 11.1 Å². The van der Waals surface area contributed by atoms with Crippen LogP contribution in [0.15, 0.2) is 66.7 Å². The zero-order valence-electron chi connectivity index (χ0n) is 13.2. The molecule has 3 aromatic rings. The third kappa shape index (κ3) is 3.78. The Kier molecular flexibility index (Phi) is 4.87. The number of nitrogens with one attached hydrogen (secondary N) is 1. The van der Waals surface area contributed by atoms with Crippen molar-refractivity contribution in [3.8, 4) is 0 Å². The van der Waals surface area contributed by atoms with E-state index in [2.05, 4.69) is 5.32 Å². The van der Waals surface area contributed by atoms with Crippen LogP contribution in [-0.4, -0.2) is 11.9 Å². The summed E-state index contributed by atoms with van der Waals surface area (Å²) in [6.45, 7) is 0.428. The Hall–Kier alpha value is -2.72. The Morgan fingerprint density at radius 3 is 2.50 bits per heavy atom. The molecule has 0 aliphatic rings. The van der Waals surface area contributed by atoms with Gasteiger partial charge in [-0.05, 0) is 40.5 Å². The molecule has 1 amide bonds. The van der Waals surface area contributed by atoms with Gasteiger partial charge in [0.05, 0.1) is 6.04 Å². The molecule has 0 radical (unpaired) electrons. The number of nitrogens with two attached hydrogens (primary N) is 1. The van der Waals surface area contributed by atoms with Crippen molar-refractivity contribution in [1.29, 1.82) is 0 Å². The lowest BCUT2D eigenvalue weighted by Gasteiger charge is -2.13. The number of carbonyl (C=O) groups excluding carboxylic acids is 1. The molecule has 1 atom stereocenters. The molecule has 3 N–H and O–H groups in total. The highest BCUT2D eigenvalue weighted by atomic mass is 19.1. The molecular formula is C20H19FN2O. The Morgan fingerprint density at radius 1 is 1.00 bits per heavy atom. The molecule has 0 fully saturated rings. The van der Waals surface area contributed by atoms with Gasteiger partial charge in [0.25, 0.3) is 0 Å². The summed E-state index contributed by atoms with van der Waals surface area (Å²) in [6, 6.07) is 19.4. The van der Waals surface area contributed by atoms with Crippen molar-refractivity contribution in [1.82, 2.24) is 5.32 Å². The lowest BCUT2D eigenvalue weighted by Crippen LogP contribution is -2.41. The first-order chi connectivity index (χ1) is 11.6. The summed E-state index contributed by atoms with van der Waals surface area (Å²) in [5.74, 6) is -0.514. The second-order valence-electron chi connectivity index (χ2n) is 5.79. The first-order valence-corrected chi connectivity index (χ1v) is 7.88. The highest BCUT2D eigenvalue weighted by Gasteiger charge is 2.14. The summed E-state index contributed by atoms with van der Waals surface area (Å²) in [4.78, 5) is 12.2. The van der Waals surface area contributed by atoms with Crippen molar-refractivity contribution in [2.45, 2.75) is 19.0 Å². The average Bonchev–Trinajstić information content (AvgIpc) is 2.61. The lowest BCUT2D eigenvalue weighted by molar-refractivity contribution is -0.122. The normalized spacial score (nSPS) is 12.1. The number of halogens is 1. The number of hydrogen-bond donors (Lipinski definition) is 2. The third-order valence-electron chi connectivity index (χ3n) is 4.04. The van der Waals surface area contributed by atoms with Crippen LogP contribution in [0.5, 0.6) is 0 Å². The van der Waals surface area contributed by atoms with Gasteiger partial charge in [0, 0.05) is 6.54 Å². The molecule has 122 valence electrons. The SMILES string of the molecule is NC(Cc1ccc(F)cc1)C(=O)NCc1cccc2ccccc12. The number of rotatable bonds is 5.